The second-order valence-electron chi connectivity index (χ2n) is 6.05. The molecule has 1 aliphatic heterocycles. The van der Waals surface area contributed by atoms with E-state index in [1.54, 1.807) is 0 Å². The van der Waals surface area contributed by atoms with Crippen molar-refractivity contribution in [1.82, 2.24) is 0 Å². The fourth-order valence-electron chi connectivity index (χ4n) is 3.15. The molecule has 2 nitrogen and oxygen atoms in total. The molecular formula is C21H20O2Si. The van der Waals surface area contributed by atoms with Crippen LogP contribution in [-0.2, 0) is 9.16 Å². The third-order valence-electron chi connectivity index (χ3n) is 4.43. The van der Waals surface area contributed by atoms with Crippen LogP contribution in [0.3, 0.4) is 0 Å². The first-order valence-corrected chi connectivity index (χ1v) is 10.2. The molecule has 0 radical (unpaired) electrons. The summed E-state index contributed by atoms with van der Waals surface area (Å²) in [6.45, 7) is 1.45. The van der Waals surface area contributed by atoms with Gasteiger partial charge in [0.2, 0.25) is 0 Å². The summed E-state index contributed by atoms with van der Waals surface area (Å²) in [4.78, 5) is 0. The van der Waals surface area contributed by atoms with Gasteiger partial charge in [-0.05, 0) is 15.6 Å². The average molecular weight is 332 g/mol. The summed E-state index contributed by atoms with van der Waals surface area (Å²) in [7, 11) is -2.53. The van der Waals surface area contributed by atoms with Gasteiger partial charge in [0.15, 0.2) is 0 Å². The van der Waals surface area contributed by atoms with E-state index in [1.165, 1.54) is 15.6 Å². The van der Waals surface area contributed by atoms with Crippen LogP contribution in [0.15, 0.2) is 91.0 Å². The Kier molecular flexibility index (Phi) is 4.30. The zero-order chi connectivity index (χ0) is 16.2. The van der Waals surface area contributed by atoms with Crippen LogP contribution in [-0.4, -0.2) is 27.6 Å². The Labute approximate surface area is 143 Å². The normalized spacial score (nSPS) is 16.8. The Morgan fingerprint density at radius 3 is 1.42 bits per heavy atom. The van der Waals surface area contributed by atoms with Gasteiger partial charge in [0.25, 0.3) is 8.32 Å². The van der Waals surface area contributed by atoms with Crippen LogP contribution in [0.4, 0.5) is 0 Å². The minimum absolute atomic E-state index is 0.244. The van der Waals surface area contributed by atoms with Gasteiger partial charge in [0.05, 0.1) is 13.2 Å². The van der Waals surface area contributed by atoms with Crippen molar-refractivity contribution in [3.63, 3.8) is 0 Å². The molecule has 1 heterocycles. The number of benzene rings is 3. The SMILES string of the molecule is c1ccc([Si](OCC2CO2)(c2ccccc2)c2ccccc2)cc1. The Morgan fingerprint density at radius 1 is 0.708 bits per heavy atom. The monoisotopic (exact) mass is 332 g/mol. The largest absolute Gasteiger partial charge is 0.401 e. The van der Waals surface area contributed by atoms with Gasteiger partial charge in [-0.2, -0.15) is 0 Å². The quantitative estimate of drug-likeness (QED) is 0.392. The van der Waals surface area contributed by atoms with Gasteiger partial charge in [-0.15, -0.1) is 0 Å². The van der Waals surface area contributed by atoms with Crippen molar-refractivity contribution in [2.75, 3.05) is 13.2 Å². The summed E-state index contributed by atoms with van der Waals surface area (Å²) in [6, 6.07) is 31.9. The highest BCUT2D eigenvalue weighted by molar-refractivity contribution is 7.07. The summed E-state index contributed by atoms with van der Waals surface area (Å²) in [5.74, 6) is 0. The maximum Gasteiger partial charge on any atom is 0.288 e. The minimum Gasteiger partial charge on any atom is -0.401 e. The predicted octanol–water partition coefficient (Wildman–Crippen LogP) is 2.07. The lowest BCUT2D eigenvalue weighted by Crippen LogP contribution is -2.69. The number of epoxide rings is 1. The Hall–Kier alpha value is -2.20. The molecule has 3 aromatic rings. The first kappa shape index (κ1) is 15.3. The highest BCUT2D eigenvalue weighted by Gasteiger charge is 2.43. The maximum absolute atomic E-state index is 6.73. The zero-order valence-corrected chi connectivity index (χ0v) is 14.5. The smallest absolute Gasteiger partial charge is 0.288 e. The van der Waals surface area contributed by atoms with Crippen LogP contribution < -0.4 is 15.6 Å². The van der Waals surface area contributed by atoms with E-state index in [0.29, 0.717) is 6.61 Å². The molecule has 24 heavy (non-hydrogen) atoms. The van der Waals surface area contributed by atoms with Gasteiger partial charge in [-0.1, -0.05) is 91.0 Å². The molecule has 0 spiro atoms. The van der Waals surface area contributed by atoms with Gasteiger partial charge in [-0.25, -0.2) is 0 Å². The van der Waals surface area contributed by atoms with Crippen molar-refractivity contribution in [3.05, 3.63) is 91.0 Å². The van der Waals surface area contributed by atoms with E-state index in [2.05, 4.69) is 91.0 Å². The lowest BCUT2D eigenvalue weighted by atomic mass is 10.3. The number of hydrogen-bond acceptors (Lipinski definition) is 2. The van der Waals surface area contributed by atoms with Gasteiger partial charge < -0.3 is 9.16 Å². The van der Waals surface area contributed by atoms with Crippen LogP contribution in [0.5, 0.6) is 0 Å². The van der Waals surface area contributed by atoms with Crippen molar-refractivity contribution >= 4 is 23.9 Å². The van der Waals surface area contributed by atoms with E-state index in [9.17, 15) is 0 Å². The fourth-order valence-corrected chi connectivity index (χ4v) is 7.07. The molecule has 0 aliphatic carbocycles. The number of ether oxygens (including phenoxy) is 1. The molecule has 1 unspecified atom stereocenters. The van der Waals surface area contributed by atoms with E-state index in [-0.39, 0.29) is 6.10 Å². The molecule has 0 saturated carbocycles. The van der Waals surface area contributed by atoms with Crippen LogP contribution in [0.1, 0.15) is 0 Å². The standard InChI is InChI=1S/C21H20O2Si/c1-4-10-19(11-5-1)24(23-17-18-16-22-18,20-12-6-2-7-13-20)21-14-8-3-9-15-21/h1-15,18H,16-17H2. The molecule has 1 fully saturated rings. The van der Waals surface area contributed by atoms with Gasteiger partial charge in [0, 0.05) is 0 Å². The molecule has 4 rings (SSSR count). The third-order valence-corrected chi connectivity index (χ3v) is 8.47. The molecule has 0 bridgehead atoms. The topological polar surface area (TPSA) is 21.8 Å². The molecule has 3 aromatic carbocycles. The average Bonchev–Trinajstić information content (AvgIpc) is 3.50. The molecule has 0 N–H and O–H groups in total. The fraction of sp³-hybridized carbons (Fsp3) is 0.143. The van der Waals surface area contributed by atoms with Crippen molar-refractivity contribution in [3.8, 4) is 0 Å². The van der Waals surface area contributed by atoms with Crippen molar-refractivity contribution < 1.29 is 9.16 Å². The first-order valence-electron chi connectivity index (χ1n) is 8.32. The Balaban J connectivity index is 1.91. The van der Waals surface area contributed by atoms with Crippen molar-refractivity contribution in [2.24, 2.45) is 0 Å². The molecule has 0 aromatic heterocycles. The molecule has 1 saturated heterocycles. The summed E-state index contributed by atoms with van der Waals surface area (Å²) in [5.41, 5.74) is 0. The predicted molar refractivity (Wildman–Crippen MR) is 99.7 cm³/mol. The lowest BCUT2D eigenvalue weighted by molar-refractivity contribution is 0.265. The van der Waals surface area contributed by atoms with Gasteiger partial charge in [0.1, 0.15) is 6.10 Å². The molecule has 1 aliphatic rings. The summed E-state index contributed by atoms with van der Waals surface area (Å²) < 4.78 is 12.1. The Morgan fingerprint density at radius 2 is 1.08 bits per heavy atom. The summed E-state index contributed by atoms with van der Waals surface area (Å²) in [5, 5.41) is 3.80. The Bertz CT molecular complexity index is 674. The second kappa shape index (κ2) is 6.73. The summed E-state index contributed by atoms with van der Waals surface area (Å²) >= 11 is 0. The van der Waals surface area contributed by atoms with E-state index in [4.69, 9.17) is 9.16 Å². The number of rotatable bonds is 6. The number of hydrogen-bond donors (Lipinski definition) is 0. The minimum atomic E-state index is -2.53. The lowest BCUT2D eigenvalue weighted by Gasteiger charge is -2.32. The molecule has 1 atom stereocenters. The van der Waals surface area contributed by atoms with Crippen LogP contribution in [0, 0.1) is 0 Å². The molecular weight excluding hydrogens is 312 g/mol. The maximum atomic E-state index is 6.73. The van der Waals surface area contributed by atoms with Crippen LogP contribution in [0.2, 0.25) is 0 Å². The zero-order valence-electron chi connectivity index (χ0n) is 13.5. The van der Waals surface area contributed by atoms with E-state index in [0.717, 1.165) is 6.61 Å². The van der Waals surface area contributed by atoms with Crippen molar-refractivity contribution in [1.29, 1.82) is 0 Å². The first-order chi connectivity index (χ1) is 11.9. The van der Waals surface area contributed by atoms with E-state index in [1.807, 2.05) is 0 Å². The molecule has 120 valence electrons. The van der Waals surface area contributed by atoms with E-state index >= 15 is 0 Å². The van der Waals surface area contributed by atoms with Crippen LogP contribution in [0.25, 0.3) is 0 Å². The molecule has 0 amide bonds. The third kappa shape index (κ3) is 2.94. The van der Waals surface area contributed by atoms with Gasteiger partial charge in [-0.3, -0.25) is 0 Å². The highest BCUT2D eigenvalue weighted by atomic mass is 28.4. The second-order valence-corrected chi connectivity index (χ2v) is 9.43. The van der Waals surface area contributed by atoms with Crippen molar-refractivity contribution in [2.45, 2.75) is 6.10 Å². The van der Waals surface area contributed by atoms with Gasteiger partial charge >= 0.3 is 0 Å². The van der Waals surface area contributed by atoms with Crippen LogP contribution >= 0.6 is 0 Å². The highest BCUT2D eigenvalue weighted by Crippen LogP contribution is 2.15. The van der Waals surface area contributed by atoms with E-state index < -0.39 is 8.32 Å². The summed E-state index contributed by atoms with van der Waals surface area (Å²) in [6.07, 6.45) is 0.244. The molecule has 3 heteroatoms.